The molecule has 10 heteroatoms. The summed E-state index contributed by atoms with van der Waals surface area (Å²) >= 11 is 0. The van der Waals surface area contributed by atoms with Crippen molar-refractivity contribution in [2.45, 2.75) is 37.6 Å². The summed E-state index contributed by atoms with van der Waals surface area (Å²) in [6.07, 6.45) is -1.45. The van der Waals surface area contributed by atoms with Crippen LogP contribution in [0.4, 0.5) is 19.1 Å². The Kier molecular flexibility index (Phi) is 5.61. The minimum atomic E-state index is -4.46. The topological polar surface area (TPSA) is 78.8 Å². The van der Waals surface area contributed by atoms with Crippen LogP contribution < -0.4 is 4.90 Å². The average Bonchev–Trinajstić information content (AvgIpc) is 3.09. The summed E-state index contributed by atoms with van der Waals surface area (Å²) in [5, 5.41) is 9.07. The van der Waals surface area contributed by atoms with Crippen molar-refractivity contribution in [3.8, 4) is 0 Å². The summed E-state index contributed by atoms with van der Waals surface area (Å²) in [6, 6.07) is 0. The Bertz CT molecular complexity index is 618. The van der Waals surface area contributed by atoms with Gasteiger partial charge in [0.2, 0.25) is 11.9 Å². The van der Waals surface area contributed by atoms with Gasteiger partial charge in [-0.05, 0) is 12.8 Å². The van der Waals surface area contributed by atoms with Gasteiger partial charge in [-0.25, -0.2) is 9.97 Å². The molecule has 0 spiro atoms. The molecule has 26 heavy (non-hydrogen) atoms. The molecule has 0 bridgehead atoms. The Morgan fingerprint density at radius 3 is 2.31 bits per heavy atom. The molecule has 144 valence electrons. The van der Waals surface area contributed by atoms with Crippen LogP contribution in [-0.4, -0.2) is 70.9 Å². The largest absolute Gasteiger partial charge is 0.419 e. The van der Waals surface area contributed by atoms with E-state index in [1.54, 1.807) is 9.80 Å². The van der Waals surface area contributed by atoms with Gasteiger partial charge in [-0.3, -0.25) is 4.79 Å². The van der Waals surface area contributed by atoms with E-state index in [-0.39, 0.29) is 37.1 Å². The van der Waals surface area contributed by atoms with E-state index in [0.717, 1.165) is 25.2 Å². The molecule has 7 nitrogen and oxygen atoms in total. The molecular weight excluding hydrogens is 353 g/mol. The van der Waals surface area contributed by atoms with Gasteiger partial charge in [0.15, 0.2) is 0 Å². The number of ether oxygens (including phenoxy) is 1. The number of carbonyl (C=O) groups excluding carboxylic acids is 1. The number of carbonyl (C=O) groups is 1. The number of anilines is 1. The van der Waals surface area contributed by atoms with Crippen molar-refractivity contribution < 1.29 is 27.8 Å². The van der Waals surface area contributed by atoms with E-state index in [4.69, 9.17) is 9.84 Å². The van der Waals surface area contributed by atoms with Crippen molar-refractivity contribution >= 4 is 11.9 Å². The van der Waals surface area contributed by atoms with Crippen LogP contribution in [-0.2, 0) is 15.7 Å². The van der Waals surface area contributed by atoms with E-state index in [1.807, 2.05) is 0 Å². The van der Waals surface area contributed by atoms with Crippen molar-refractivity contribution in [3.63, 3.8) is 0 Å². The molecule has 0 aliphatic carbocycles. The standard InChI is InChI=1S/C16H21F3N4O3/c17-16(18,19)11-8-20-15(21-9-11)23-5-3-22(4-6-23)14(25)7-12-1-2-13(10-24)26-12/h8-9,12-13,24H,1-7,10H2. The highest BCUT2D eigenvalue weighted by Crippen LogP contribution is 2.28. The number of rotatable bonds is 4. The normalized spacial score (nSPS) is 24.2. The van der Waals surface area contributed by atoms with Crippen LogP contribution >= 0.6 is 0 Å². The molecule has 2 saturated heterocycles. The molecule has 0 aromatic carbocycles. The first-order valence-electron chi connectivity index (χ1n) is 8.55. The molecule has 2 atom stereocenters. The third-order valence-electron chi connectivity index (χ3n) is 4.68. The maximum absolute atomic E-state index is 12.6. The molecule has 1 amide bonds. The predicted molar refractivity (Wildman–Crippen MR) is 85.4 cm³/mol. The van der Waals surface area contributed by atoms with Crippen LogP contribution in [0.25, 0.3) is 0 Å². The molecule has 3 rings (SSSR count). The Morgan fingerprint density at radius 1 is 1.15 bits per heavy atom. The molecule has 2 aliphatic heterocycles. The maximum Gasteiger partial charge on any atom is 0.419 e. The summed E-state index contributed by atoms with van der Waals surface area (Å²) in [4.78, 5) is 23.4. The lowest BCUT2D eigenvalue weighted by molar-refractivity contribution is -0.138. The Labute approximate surface area is 148 Å². The SMILES string of the molecule is O=C(CC1CCC(CO)O1)N1CCN(c2ncc(C(F)(F)F)cn2)CC1. The highest BCUT2D eigenvalue weighted by molar-refractivity contribution is 5.77. The minimum Gasteiger partial charge on any atom is -0.394 e. The van der Waals surface area contributed by atoms with Crippen LogP contribution in [0.5, 0.6) is 0 Å². The number of nitrogens with zero attached hydrogens (tertiary/aromatic N) is 4. The van der Waals surface area contributed by atoms with Crippen molar-refractivity contribution in [1.29, 1.82) is 0 Å². The predicted octanol–water partition coefficient (Wildman–Crippen LogP) is 1.07. The summed E-state index contributed by atoms with van der Waals surface area (Å²) in [7, 11) is 0. The van der Waals surface area contributed by atoms with Gasteiger partial charge in [-0.1, -0.05) is 0 Å². The van der Waals surface area contributed by atoms with Crippen LogP contribution in [0.1, 0.15) is 24.8 Å². The third-order valence-corrected chi connectivity index (χ3v) is 4.68. The first-order valence-corrected chi connectivity index (χ1v) is 8.55. The molecular formula is C16H21F3N4O3. The van der Waals surface area contributed by atoms with E-state index < -0.39 is 11.7 Å². The lowest BCUT2D eigenvalue weighted by atomic mass is 10.1. The zero-order chi connectivity index (χ0) is 18.7. The molecule has 2 aliphatic rings. The van der Waals surface area contributed by atoms with Gasteiger partial charge < -0.3 is 19.6 Å². The number of aliphatic hydroxyl groups excluding tert-OH is 1. The fourth-order valence-corrected chi connectivity index (χ4v) is 3.18. The molecule has 1 N–H and O–H groups in total. The van der Waals surface area contributed by atoms with Crippen molar-refractivity contribution in [2.24, 2.45) is 0 Å². The van der Waals surface area contributed by atoms with Crippen LogP contribution in [0, 0.1) is 0 Å². The Hall–Kier alpha value is -1.94. The number of halogens is 3. The zero-order valence-corrected chi connectivity index (χ0v) is 14.2. The number of alkyl halides is 3. The second kappa shape index (κ2) is 7.75. The zero-order valence-electron chi connectivity index (χ0n) is 14.2. The number of piperazine rings is 1. The number of aromatic nitrogens is 2. The summed E-state index contributed by atoms with van der Waals surface area (Å²) < 4.78 is 43.2. The fourth-order valence-electron chi connectivity index (χ4n) is 3.18. The second-order valence-electron chi connectivity index (χ2n) is 6.48. The Balaban J connectivity index is 1.48. The smallest absolute Gasteiger partial charge is 0.394 e. The first kappa shape index (κ1) is 18.8. The van der Waals surface area contributed by atoms with Crippen LogP contribution in [0.2, 0.25) is 0 Å². The van der Waals surface area contributed by atoms with Crippen molar-refractivity contribution in [2.75, 3.05) is 37.7 Å². The summed E-state index contributed by atoms with van der Waals surface area (Å²) in [6.45, 7) is 1.80. The number of aliphatic hydroxyl groups is 1. The van der Waals surface area contributed by atoms with E-state index >= 15 is 0 Å². The molecule has 1 aromatic heterocycles. The quantitative estimate of drug-likeness (QED) is 0.850. The molecule has 2 unspecified atom stereocenters. The average molecular weight is 374 g/mol. The fraction of sp³-hybridized carbons (Fsp3) is 0.688. The van der Waals surface area contributed by atoms with Gasteiger partial charge in [0.1, 0.15) is 0 Å². The lowest BCUT2D eigenvalue weighted by Crippen LogP contribution is -2.49. The monoisotopic (exact) mass is 374 g/mol. The van der Waals surface area contributed by atoms with E-state index in [9.17, 15) is 18.0 Å². The molecule has 1 aromatic rings. The molecule has 0 saturated carbocycles. The van der Waals surface area contributed by atoms with Gasteiger partial charge in [-0.15, -0.1) is 0 Å². The van der Waals surface area contributed by atoms with Crippen LogP contribution in [0.3, 0.4) is 0 Å². The number of hydrogen-bond acceptors (Lipinski definition) is 6. The van der Waals surface area contributed by atoms with Gasteiger partial charge in [0, 0.05) is 38.6 Å². The van der Waals surface area contributed by atoms with Gasteiger partial charge in [0.05, 0.1) is 30.8 Å². The lowest BCUT2D eigenvalue weighted by Gasteiger charge is -2.35. The summed E-state index contributed by atoms with van der Waals surface area (Å²) in [5.74, 6) is 0.219. The van der Waals surface area contributed by atoms with Crippen molar-refractivity contribution in [3.05, 3.63) is 18.0 Å². The van der Waals surface area contributed by atoms with Gasteiger partial charge >= 0.3 is 6.18 Å². The van der Waals surface area contributed by atoms with Gasteiger partial charge in [0.25, 0.3) is 0 Å². The van der Waals surface area contributed by atoms with E-state index in [0.29, 0.717) is 26.2 Å². The minimum absolute atomic E-state index is 0.0124. The third kappa shape index (κ3) is 4.42. The maximum atomic E-state index is 12.6. The molecule has 0 radical (unpaired) electrons. The molecule has 2 fully saturated rings. The number of hydrogen-bond donors (Lipinski definition) is 1. The molecule has 3 heterocycles. The van der Waals surface area contributed by atoms with E-state index in [2.05, 4.69) is 9.97 Å². The second-order valence-corrected chi connectivity index (χ2v) is 6.48. The highest BCUT2D eigenvalue weighted by atomic mass is 19.4. The summed E-state index contributed by atoms with van der Waals surface area (Å²) in [5.41, 5.74) is -0.882. The van der Waals surface area contributed by atoms with E-state index in [1.165, 1.54) is 0 Å². The van der Waals surface area contributed by atoms with Crippen LogP contribution in [0.15, 0.2) is 12.4 Å². The number of amides is 1. The van der Waals surface area contributed by atoms with Gasteiger partial charge in [-0.2, -0.15) is 13.2 Å². The highest BCUT2D eigenvalue weighted by Gasteiger charge is 2.32. The first-order chi connectivity index (χ1) is 12.4. The van der Waals surface area contributed by atoms with Crippen molar-refractivity contribution in [1.82, 2.24) is 14.9 Å². The Morgan fingerprint density at radius 2 is 1.77 bits per heavy atom.